The van der Waals surface area contributed by atoms with Crippen LogP contribution in [0.15, 0.2) is 18.2 Å². The third kappa shape index (κ3) is 3.07. The summed E-state index contributed by atoms with van der Waals surface area (Å²) in [5.41, 5.74) is -1.61. The fourth-order valence-electron chi connectivity index (χ4n) is 1.76. The van der Waals surface area contributed by atoms with E-state index in [0.717, 1.165) is 25.3 Å². The summed E-state index contributed by atoms with van der Waals surface area (Å²) in [5, 5.41) is 1.59. The van der Waals surface area contributed by atoms with E-state index >= 15 is 0 Å². The number of rotatable bonds is 3. The number of nitrogens with one attached hydrogen (secondary N) is 1. The summed E-state index contributed by atoms with van der Waals surface area (Å²) < 4.78 is 71.9. The van der Waals surface area contributed by atoms with Gasteiger partial charge in [-0.25, -0.2) is 13.2 Å². The molecule has 9 heteroatoms. The first kappa shape index (κ1) is 17.0. The Morgan fingerprint density at radius 2 is 1.61 bits per heavy atom. The van der Waals surface area contributed by atoms with Crippen LogP contribution in [0.1, 0.15) is 10.4 Å². The van der Waals surface area contributed by atoms with E-state index in [0.29, 0.717) is 0 Å². The molecule has 0 unspecified atom stereocenters. The molecule has 0 fully saturated rings. The van der Waals surface area contributed by atoms with Gasteiger partial charge in [0, 0.05) is 5.69 Å². The molecule has 2 aromatic carbocycles. The molecule has 0 saturated heterocycles. The fourth-order valence-corrected chi connectivity index (χ4v) is 1.94. The highest BCUT2D eigenvalue weighted by molar-refractivity contribution is 6.31. The quantitative estimate of drug-likeness (QED) is 0.661. The monoisotopic (exact) mass is 351 g/mol. The molecule has 3 nitrogen and oxygen atoms in total. The fraction of sp³-hybridized carbons (Fsp3) is 0.0714. The van der Waals surface area contributed by atoms with Gasteiger partial charge in [0.15, 0.2) is 17.4 Å². The highest BCUT2D eigenvalue weighted by Gasteiger charge is 2.30. The summed E-state index contributed by atoms with van der Waals surface area (Å²) in [6.07, 6.45) is 0. The molecule has 0 radical (unpaired) electrons. The van der Waals surface area contributed by atoms with Crippen LogP contribution >= 0.6 is 11.6 Å². The lowest BCUT2D eigenvalue weighted by Crippen LogP contribution is -2.18. The van der Waals surface area contributed by atoms with Crippen molar-refractivity contribution in [3.63, 3.8) is 0 Å². The summed E-state index contributed by atoms with van der Waals surface area (Å²) in [5.74, 6) is -11.1. The Hall–Kier alpha value is -2.35. The van der Waals surface area contributed by atoms with Gasteiger partial charge < -0.3 is 10.1 Å². The predicted octanol–water partition coefficient (Wildman–Crippen LogP) is 4.30. The average Bonchev–Trinajstić information content (AvgIpc) is 2.50. The van der Waals surface area contributed by atoms with E-state index in [2.05, 4.69) is 4.74 Å². The summed E-state index contributed by atoms with van der Waals surface area (Å²) in [6, 6.07) is 2.89. The van der Waals surface area contributed by atoms with E-state index in [1.165, 1.54) is 0 Å². The molecule has 2 aromatic rings. The molecule has 0 aromatic heterocycles. The van der Waals surface area contributed by atoms with E-state index in [9.17, 15) is 26.7 Å². The van der Waals surface area contributed by atoms with Crippen molar-refractivity contribution in [2.45, 2.75) is 0 Å². The highest BCUT2D eigenvalue weighted by atomic mass is 35.5. The molecule has 23 heavy (non-hydrogen) atoms. The normalized spacial score (nSPS) is 10.6. The molecule has 0 aliphatic carbocycles. The highest BCUT2D eigenvalue weighted by Crippen LogP contribution is 2.30. The number of benzene rings is 2. The smallest absolute Gasteiger partial charge is 0.261 e. The molecule has 0 bridgehead atoms. The lowest BCUT2D eigenvalue weighted by Gasteiger charge is -2.11. The van der Waals surface area contributed by atoms with E-state index in [1.54, 1.807) is 0 Å². The number of hydrogen-bond donors (Lipinski definition) is 1. The Morgan fingerprint density at radius 1 is 1.04 bits per heavy atom. The first-order chi connectivity index (χ1) is 10.8. The topological polar surface area (TPSA) is 38.3 Å². The summed E-state index contributed by atoms with van der Waals surface area (Å²) in [6.45, 7) is 0. The molecular formula is C14H7ClF5NO2. The first-order valence-electron chi connectivity index (χ1n) is 5.94. The largest absolute Gasteiger partial charge is 0.491 e. The van der Waals surface area contributed by atoms with Gasteiger partial charge >= 0.3 is 0 Å². The second-order valence-electron chi connectivity index (χ2n) is 4.25. The number of carbonyl (C=O) groups is 1. The van der Waals surface area contributed by atoms with Gasteiger partial charge in [-0.2, -0.15) is 8.78 Å². The maximum absolute atomic E-state index is 13.8. The summed E-state index contributed by atoms with van der Waals surface area (Å²) >= 11 is 5.48. The van der Waals surface area contributed by atoms with Crippen molar-refractivity contribution in [1.29, 1.82) is 0 Å². The van der Waals surface area contributed by atoms with Crippen molar-refractivity contribution in [2.75, 3.05) is 12.4 Å². The predicted molar refractivity (Wildman–Crippen MR) is 72.2 cm³/mol. The van der Waals surface area contributed by atoms with Crippen LogP contribution in [0, 0.1) is 29.1 Å². The Labute approximate surface area is 131 Å². The van der Waals surface area contributed by atoms with Crippen molar-refractivity contribution in [3.8, 4) is 5.75 Å². The summed E-state index contributed by atoms with van der Waals surface area (Å²) in [7, 11) is 0.806. The van der Waals surface area contributed by atoms with Crippen molar-refractivity contribution >= 4 is 23.2 Å². The molecule has 0 aliphatic rings. The molecule has 1 N–H and O–H groups in total. The van der Waals surface area contributed by atoms with Crippen molar-refractivity contribution in [1.82, 2.24) is 0 Å². The van der Waals surface area contributed by atoms with E-state index in [1.807, 2.05) is 5.32 Å². The van der Waals surface area contributed by atoms with Crippen molar-refractivity contribution < 1.29 is 31.5 Å². The number of anilines is 1. The van der Waals surface area contributed by atoms with E-state index < -0.39 is 46.3 Å². The molecule has 122 valence electrons. The Kier molecular flexibility index (Phi) is 4.74. The molecule has 1 amide bonds. The standard InChI is InChI=1S/C14H7ClF5NO2/c1-23-13-11(19)9(17)8(10(18)12(13)20)14(22)21-5-2-3-7(16)6(15)4-5/h2-4H,1H3,(H,21,22). The lowest BCUT2D eigenvalue weighted by atomic mass is 10.1. The zero-order valence-corrected chi connectivity index (χ0v) is 12.1. The lowest BCUT2D eigenvalue weighted by molar-refractivity contribution is 0.101. The number of methoxy groups -OCH3 is 1. The van der Waals surface area contributed by atoms with Gasteiger partial charge in [-0.05, 0) is 18.2 Å². The second-order valence-corrected chi connectivity index (χ2v) is 4.65. The van der Waals surface area contributed by atoms with Crippen molar-refractivity contribution in [3.05, 3.63) is 57.9 Å². The maximum Gasteiger partial charge on any atom is 0.261 e. The van der Waals surface area contributed by atoms with Crippen LogP contribution in [-0.4, -0.2) is 13.0 Å². The van der Waals surface area contributed by atoms with Crippen LogP contribution in [0.3, 0.4) is 0 Å². The van der Waals surface area contributed by atoms with Crippen molar-refractivity contribution in [2.24, 2.45) is 0 Å². The molecule has 2 rings (SSSR count). The van der Waals surface area contributed by atoms with Crippen LogP contribution in [0.2, 0.25) is 5.02 Å². The van der Waals surface area contributed by atoms with Crippen LogP contribution in [-0.2, 0) is 0 Å². The number of ether oxygens (including phenoxy) is 1. The number of carbonyl (C=O) groups excluding carboxylic acids is 1. The number of halogens is 6. The summed E-state index contributed by atoms with van der Waals surface area (Å²) in [4.78, 5) is 11.9. The molecular weight excluding hydrogens is 345 g/mol. The SMILES string of the molecule is COc1c(F)c(F)c(C(=O)Nc2ccc(F)c(Cl)c2)c(F)c1F. The van der Waals surface area contributed by atoms with Gasteiger partial charge in [0.1, 0.15) is 11.4 Å². The van der Waals surface area contributed by atoms with Gasteiger partial charge in [0.25, 0.3) is 5.91 Å². The zero-order valence-electron chi connectivity index (χ0n) is 11.3. The molecule has 0 heterocycles. The Morgan fingerprint density at radius 3 is 2.09 bits per heavy atom. The number of amides is 1. The minimum atomic E-state index is -1.92. The minimum absolute atomic E-state index is 0.128. The minimum Gasteiger partial charge on any atom is -0.491 e. The molecule has 0 saturated carbocycles. The van der Waals surface area contributed by atoms with Gasteiger partial charge in [0.2, 0.25) is 11.6 Å². The van der Waals surface area contributed by atoms with Crippen LogP contribution in [0.5, 0.6) is 5.75 Å². The Bertz CT molecular complexity index is 768. The van der Waals surface area contributed by atoms with E-state index in [-0.39, 0.29) is 10.7 Å². The Balaban J connectivity index is 2.45. The van der Waals surface area contributed by atoms with Gasteiger partial charge in [-0.3, -0.25) is 4.79 Å². The third-order valence-electron chi connectivity index (χ3n) is 2.83. The first-order valence-corrected chi connectivity index (χ1v) is 6.32. The van der Waals surface area contributed by atoms with Gasteiger partial charge in [-0.15, -0.1) is 0 Å². The van der Waals surface area contributed by atoms with Crippen LogP contribution in [0.25, 0.3) is 0 Å². The number of hydrogen-bond acceptors (Lipinski definition) is 2. The second kappa shape index (κ2) is 6.41. The van der Waals surface area contributed by atoms with Crippen LogP contribution < -0.4 is 10.1 Å². The van der Waals surface area contributed by atoms with Crippen LogP contribution in [0.4, 0.5) is 27.6 Å². The zero-order chi connectivity index (χ0) is 17.3. The molecule has 0 spiro atoms. The maximum atomic E-state index is 13.8. The van der Waals surface area contributed by atoms with E-state index in [4.69, 9.17) is 11.6 Å². The molecule has 0 atom stereocenters. The molecule has 0 aliphatic heterocycles. The van der Waals surface area contributed by atoms with Gasteiger partial charge in [0.05, 0.1) is 12.1 Å². The van der Waals surface area contributed by atoms with Gasteiger partial charge in [-0.1, -0.05) is 11.6 Å². The average molecular weight is 352 g/mol. The third-order valence-corrected chi connectivity index (χ3v) is 3.12.